The molecule has 1 unspecified atom stereocenters. The minimum atomic E-state index is 0.130. The van der Waals surface area contributed by atoms with E-state index in [1.54, 1.807) is 0 Å². The molecule has 1 aliphatic heterocycles. The zero-order valence-electron chi connectivity index (χ0n) is 10.0. The Morgan fingerprint density at radius 3 is 2.71 bits per heavy atom. The first-order chi connectivity index (χ1) is 8.06. The summed E-state index contributed by atoms with van der Waals surface area (Å²) < 4.78 is 12.1. The van der Waals surface area contributed by atoms with Crippen LogP contribution in [0.3, 0.4) is 0 Å². The number of fused-ring (bicyclic) bond motifs is 1. The summed E-state index contributed by atoms with van der Waals surface area (Å²) in [5.74, 6) is 1.72. The highest BCUT2D eigenvalue weighted by Gasteiger charge is 2.49. The monoisotopic (exact) mass is 297 g/mol. The van der Waals surface area contributed by atoms with Gasteiger partial charge in [-0.05, 0) is 38.3 Å². The van der Waals surface area contributed by atoms with Crippen molar-refractivity contribution in [2.24, 2.45) is 5.73 Å². The van der Waals surface area contributed by atoms with Crippen molar-refractivity contribution >= 4 is 15.9 Å². The van der Waals surface area contributed by atoms with Crippen molar-refractivity contribution in [3.8, 4) is 11.5 Å². The largest absolute Gasteiger partial charge is 0.454 e. The van der Waals surface area contributed by atoms with Crippen LogP contribution in [0.5, 0.6) is 11.5 Å². The summed E-state index contributed by atoms with van der Waals surface area (Å²) in [4.78, 5) is 0. The van der Waals surface area contributed by atoms with E-state index in [-0.39, 0.29) is 11.5 Å². The Morgan fingerprint density at radius 2 is 2.12 bits per heavy atom. The van der Waals surface area contributed by atoms with E-state index in [0.717, 1.165) is 34.4 Å². The second-order valence-electron chi connectivity index (χ2n) is 5.04. The van der Waals surface area contributed by atoms with Gasteiger partial charge in [-0.2, -0.15) is 0 Å². The Hall–Kier alpha value is -0.740. The third-order valence-electron chi connectivity index (χ3n) is 4.02. The van der Waals surface area contributed by atoms with Crippen molar-refractivity contribution in [1.29, 1.82) is 0 Å². The van der Waals surface area contributed by atoms with E-state index in [9.17, 15) is 0 Å². The number of nitrogens with two attached hydrogens (primary N) is 1. The molecule has 3 rings (SSSR count). The Morgan fingerprint density at radius 1 is 1.41 bits per heavy atom. The fourth-order valence-electron chi connectivity index (χ4n) is 2.65. The van der Waals surface area contributed by atoms with Gasteiger partial charge in [-0.3, -0.25) is 0 Å². The lowest BCUT2D eigenvalue weighted by Gasteiger charge is -2.23. The molecule has 0 saturated heterocycles. The van der Waals surface area contributed by atoms with Gasteiger partial charge in [0.2, 0.25) is 6.79 Å². The highest BCUT2D eigenvalue weighted by atomic mass is 79.9. The van der Waals surface area contributed by atoms with Crippen molar-refractivity contribution in [1.82, 2.24) is 0 Å². The van der Waals surface area contributed by atoms with Crippen LogP contribution >= 0.6 is 15.9 Å². The summed E-state index contributed by atoms with van der Waals surface area (Å²) >= 11 is 3.69. The second kappa shape index (κ2) is 3.62. The first-order valence-electron chi connectivity index (χ1n) is 5.91. The van der Waals surface area contributed by atoms with Crippen molar-refractivity contribution in [2.75, 3.05) is 6.79 Å². The molecule has 1 fully saturated rings. The molecular weight excluding hydrogens is 282 g/mol. The van der Waals surface area contributed by atoms with Gasteiger partial charge in [0.15, 0.2) is 11.5 Å². The molecule has 0 amide bonds. The average molecular weight is 298 g/mol. The maximum atomic E-state index is 6.14. The molecule has 3 nitrogen and oxygen atoms in total. The van der Waals surface area contributed by atoms with Crippen LogP contribution in [0, 0.1) is 6.92 Å². The van der Waals surface area contributed by atoms with Crippen LogP contribution in [0.4, 0.5) is 0 Å². The van der Waals surface area contributed by atoms with Gasteiger partial charge in [0.1, 0.15) is 0 Å². The predicted octanol–water partition coefficient (Wildman–Crippen LogP) is 2.87. The Balaban J connectivity index is 2.16. The standard InChI is InChI=1S/C13H16BrNO2/c1-7-11(14)9(13(3-4-13)8(2)15)5-10-12(7)17-6-16-10/h5,8H,3-4,6,15H2,1-2H3. The van der Waals surface area contributed by atoms with Crippen LogP contribution in [0.25, 0.3) is 0 Å². The van der Waals surface area contributed by atoms with Crippen LogP contribution < -0.4 is 15.2 Å². The fraction of sp³-hybridized carbons (Fsp3) is 0.538. The molecule has 4 heteroatoms. The van der Waals surface area contributed by atoms with Crippen LogP contribution in [0.2, 0.25) is 0 Å². The summed E-state index contributed by atoms with van der Waals surface area (Å²) in [5, 5.41) is 0. The lowest BCUT2D eigenvalue weighted by molar-refractivity contribution is 0.173. The minimum Gasteiger partial charge on any atom is -0.454 e. The van der Waals surface area contributed by atoms with Crippen molar-refractivity contribution in [3.63, 3.8) is 0 Å². The molecule has 1 heterocycles. The molecule has 1 aromatic carbocycles. The molecule has 1 saturated carbocycles. The Kier molecular flexibility index (Phi) is 2.42. The van der Waals surface area contributed by atoms with Crippen LogP contribution in [0.1, 0.15) is 30.9 Å². The van der Waals surface area contributed by atoms with Crippen molar-refractivity contribution < 1.29 is 9.47 Å². The van der Waals surface area contributed by atoms with Crippen LogP contribution in [-0.2, 0) is 5.41 Å². The maximum Gasteiger partial charge on any atom is 0.231 e. The van der Waals surface area contributed by atoms with E-state index in [1.807, 2.05) is 0 Å². The lowest BCUT2D eigenvalue weighted by Crippen LogP contribution is -2.32. The van der Waals surface area contributed by atoms with E-state index < -0.39 is 0 Å². The molecule has 92 valence electrons. The molecule has 0 spiro atoms. The summed E-state index contributed by atoms with van der Waals surface area (Å²) in [6.07, 6.45) is 2.31. The average Bonchev–Trinajstić information content (AvgIpc) is 2.97. The van der Waals surface area contributed by atoms with Gasteiger partial charge < -0.3 is 15.2 Å². The first kappa shape index (κ1) is 11.4. The van der Waals surface area contributed by atoms with Crippen LogP contribution in [0.15, 0.2) is 10.5 Å². The van der Waals surface area contributed by atoms with Gasteiger partial charge in [0.05, 0.1) is 0 Å². The molecule has 0 aromatic heterocycles. The first-order valence-corrected chi connectivity index (χ1v) is 6.70. The van der Waals surface area contributed by atoms with Gasteiger partial charge in [0.25, 0.3) is 0 Å². The zero-order valence-corrected chi connectivity index (χ0v) is 11.6. The summed E-state index contributed by atoms with van der Waals surface area (Å²) in [6.45, 7) is 4.45. The van der Waals surface area contributed by atoms with Gasteiger partial charge in [-0.15, -0.1) is 0 Å². The van der Waals surface area contributed by atoms with E-state index in [2.05, 4.69) is 35.8 Å². The molecule has 1 aromatic rings. The van der Waals surface area contributed by atoms with Gasteiger partial charge >= 0.3 is 0 Å². The lowest BCUT2D eigenvalue weighted by atomic mass is 9.88. The third kappa shape index (κ3) is 1.50. The van der Waals surface area contributed by atoms with E-state index in [4.69, 9.17) is 15.2 Å². The highest BCUT2D eigenvalue weighted by molar-refractivity contribution is 9.10. The Bertz CT molecular complexity index is 481. The minimum absolute atomic E-state index is 0.130. The zero-order chi connectivity index (χ0) is 12.2. The van der Waals surface area contributed by atoms with Crippen LogP contribution in [-0.4, -0.2) is 12.8 Å². The van der Waals surface area contributed by atoms with E-state index in [1.165, 1.54) is 5.56 Å². The number of rotatable bonds is 2. The fourth-order valence-corrected chi connectivity index (χ4v) is 3.34. The van der Waals surface area contributed by atoms with Gasteiger partial charge in [-0.25, -0.2) is 0 Å². The topological polar surface area (TPSA) is 44.5 Å². The van der Waals surface area contributed by atoms with Crippen molar-refractivity contribution in [2.45, 2.75) is 38.1 Å². The molecule has 0 bridgehead atoms. The number of hydrogen-bond donors (Lipinski definition) is 1. The SMILES string of the molecule is Cc1c(Br)c(C2(C(C)N)CC2)cc2c1OCO2. The van der Waals surface area contributed by atoms with Crippen molar-refractivity contribution in [3.05, 3.63) is 21.7 Å². The third-order valence-corrected chi connectivity index (χ3v) is 5.04. The molecule has 17 heavy (non-hydrogen) atoms. The summed E-state index contributed by atoms with van der Waals surface area (Å²) in [6, 6.07) is 2.26. The molecule has 1 atom stereocenters. The molecular formula is C13H16BrNO2. The Labute approximate surface area is 109 Å². The number of benzene rings is 1. The van der Waals surface area contributed by atoms with Gasteiger partial charge in [0, 0.05) is 21.5 Å². The normalized spacial score (nSPS) is 21.4. The molecule has 2 N–H and O–H groups in total. The number of hydrogen-bond acceptors (Lipinski definition) is 3. The smallest absolute Gasteiger partial charge is 0.231 e. The predicted molar refractivity (Wildman–Crippen MR) is 69.6 cm³/mol. The molecule has 1 aliphatic carbocycles. The maximum absolute atomic E-state index is 6.14. The quantitative estimate of drug-likeness (QED) is 0.913. The van der Waals surface area contributed by atoms with E-state index >= 15 is 0 Å². The summed E-state index contributed by atoms with van der Waals surface area (Å²) in [7, 11) is 0. The second-order valence-corrected chi connectivity index (χ2v) is 5.83. The van der Waals surface area contributed by atoms with E-state index in [0.29, 0.717) is 6.79 Å². The van der Waals surface area contributed by atoms with Gasteiger partial charge in [-0.1, -0.05) is 15.9 Å². The molecule has 2 aliphatic rings. The summed E-state index contributed by atoms with van der Waals surface area (Å²) in [5.41, 5.74) is 8.65. The number of ether oxygens (including phenoxy) is 2. The molecule has 0 radical (unpaired) electrons. The number of halogens is 1. The highest BCUT2D eigenvalue weighted by Crippen LogP contribution is 2.55.